The van der Waals surface area contributed by atoms with Crippen LogP contribution in [0.1, 0.15) is 25.3 Å². The molecule has 0 saturated carbocycles. The van der Waals surface area contributed by atoms with Crippen molar-refractivity contribution in [2.75, 3.05) is 26.7 Å². The van der Waals surface area contributed by atoms with Gasteiger partial charge in [0.25, 0.3) is 0 Å². The molecule has 2 aromatic rings. The lowest BCUT2D eigenvalue weighted by atomic mass is 9.80. The standard InChI is InChI=1S/C19H26N2/c1-19(9-11-21(2)12-10-19)15-20-14-16-7-8-17-5-3-4-6-18(17)13-16/h3-8,13,20H,9-12,14-15H2,1-2H3. The van der Waals surface area contributed by atoms with Gasteiger partial charge in [-0.2, -0.15) is 0 Å². The Hall–Kier alpha value is -1.38. The van der Waals surface area contributed by atoms with Gasteiger partial charge in [0.15, 0.2) is 0 Å². The number of rotatable bonds is 4. The molecule has 1 heterocycles. The van der Waals surface area contributed by atoms with Gasteiger partial charge in [-0.25, -0.2) is 0 Å². The summed E-state index contributed by atoms with van der Waals surface area (Å²) in [4.78, 5) is 2.44. The van der Waals surface area contributed by atoms with E-state index < -0.39 is 0 Å². The highest BCUT2D eigenvalue weighted by molar-refractivity contribution is 5.82. The second-order valence-electron chi connectivity index (χ2n) is 6.90. The third-order valence-electron chi connectivity index (χ3n) is 4.89. The Morgan fingerprint density at radius 1 is 1.05 bits per heavy atom. The predicted octanol–water partition coefficient (Wildman–Crippen LogP) is 3.66. The molecule has 1 N–H and O–H groups in total. The predicted molar refractivity (Wildman–Crippen MR) is 90.5 cm³/mol. The van der Waals surface area contributed by atoms with Crippen molar-refractivity contribution in [2.45, 2.75) is 26.3 Å². The molecule has 0 atom stereocenters. The molecule has 1 aliphatic heterocycles. The lowest BCUT2D eigenvalue weighted by Gasteiger charge is -2.38. The van der Waals surface area contributed by atoms with E-state index in [2.05, 4.69) is 66.7 Å². The lowest BCUT2D eigenvalue weighted by Crippen LogP contribution is -2.41. The fourth-order valence-corrected chi connectivity index (χ4v) is 3.19. The van der Waals surface area contributed by atoms with E-state index in [0.29, 0.717) is 5.41 Å². The molecule has 0 bridgehead atoms. The smallest absolute Gasteiger partial charge is 0.0205 e. The highest BCUT2D eigenvalue weighted by atomic mass is 15.1. The fraction of sp³-hybridized carbons (Fsp3) is 0.474. The largest absolute Gasteiger partial charge is 0.312 e. The van der Waals surface area contributed by atoms with Gasteiger partial charge in [-0.05, 0) is 60.8 Å². The van der Waals surface area contributed by atoms with Gasteiger partial charge in [-0.15, -0.1) is 0 Å². The zero-order chi connectivity index (χ0) is 14.7. The van der Waals surface area contributed by atoms with Gasteiger partial charge >= 0.3 is 0 Å². The van der Waals surface area contributed by atoms with Crippen LogP contribution in [0.3, 0.4) is 0 Å². The van der Waals surface area contributed by atoms with E-state index in [1.165, 1.54) is 42.3 Å². The number of likely N-dealkylation sites (tertiary alicyclic amines) is 1. The van der Waals surface area contributed by atoms with Crippen molar-refractivity contribution >= 4 is 10.8 Å². The summed E-state index contributed by atoms with van der Waals surface area (Å²) in [5, 5.41) is 6.33. The van der Waals surface area contributed by atoms with Crippen LogP contribution in [-0.2, 0) is 6.54 Å². The van der Waals surface area contributed by atoms with Crippen LogP contribution in [0, 0.1) is 5.41 Å². The summed E-state index contributed by atoms with van der Waals surface area (Å²) in [6.45, 7) is 6.97. The number of hydrogen-bond donors (Lipinski definition) is 1. The van der Waals surface area contributed by atoms with Crippen molar-refractivity contribution in [2.24, 2.45) is 5.41 Å². The highest BCUT2D eigenvalue weighted by Gasteiger charge is 2.28. The molecule has 2 nitrogen and oxygen atoms in total. The van der Waals surface area contributed by atoms with Crippen LogP contribution in [0.15, 0.2) is 42.5 Å². The molecule has 0 aliphatic carbocycles. The maximum absolute atomic E-state index is 3.67. The third-order valence-corrected chi connectivity index (χ3v) is 4.89. The highest BCUT2D eigenvalue weighted by Crippen LogP contribution is 2.29. The second kappa shape index (κ2) is 6.17. The summed E-state index contributed by atoms with van der Waals surface area (Å²) in [5.41, 5.74) is 1.84. The van der Waals surface area contributed by atoms with Gasteiger partial charge in [0, 0.05) is 13.1 Å². The molecule has 0 spiro atoms. The van der Waals surface area contributed by atoms with Crippen molar-refractivity contribution in [3.63, 3.8) is 0 Å². The first kappa shape index (κ1) is 14.6. The molecule has 2 heteroatoms. The van der Waals surface area contributed by atoms with Gasteiger partial charge in [-0.3, -0.25) is 0 Å². The van der Waals surface area contributed by atoms with Crippen LogP contribution in [0.2, 0.25) is 0 Å². The average molecular weight is 282 g/mol. The van der Waals surface area contributed by atoms with Crippen molar-refractivity contribution in [1.82, 2.24) is 10.2 Å². The van der Waals surface area contributed by atoms with E-state index in [9.17, 15) is 0 Å². The molecular formula is C19H26N2. The molecule has 0 aromatic heterocycles. The lowest BCUT2D eigenvalue weighted by molar-refractivity contribution is 0.137. The van der Waals surface area contributed by atoms with Crippen molar-refractivity contribution in [1.29, 1.82) is 0 Å². The van der Waals surface area contributed by atoms with E-state index >= 15 is 0 Å². The number of nitrogens with zero attached hydrogens (tertiary/aromatic N) is 1. The normalized spacial score (nSPS) is 19.0. The molecule has 112 valence electrons. The van der Waals surface area contributed by atoms with Crippen LogP contribution >= 0.6 is 0 Å². The number of piperidine rings is 1. The molecule has 1 fully saturated rings. The van der Waals surface area contributed by atoms with Crippen molar-refractivity contribution in [3.05, 3.63) is 48.0 Å². The minimum Gasteiger partial charge on any atom is -0.312 e. The summed E-state index contributed by atoms with van der Waals surface area (Å²) in [6.07, 6.45) is 2.60. The van der Waals surface area contributed by atoms with Crippen LogP contribution in [0.5, 0.6) is 0 Å². The van der Waals surface area contributed by atoms with Gasteiger partial charge in [0.05, 0.1) is 0 Å². The summed E-state index contributed by atoms with van der Waals surface area (Å²) >= 11 is 0. The van der Waals surface area contributed by atoms with E-state index in [1.54, 1.807) is 0 Å². The van der Waals surface area contributed by atoms with Crippen LogP contribution in [0.25, 0.3) is 10.8 Å². The summed E-state index contributed by atoms with van der Waals surface area (Å²) in [7, 11) is 2.22. The molecule has 2 aromatic carbocycles. The van der Waals surface area contributed by atoms with Crippen LogP contribution in [0.4, 0.5) is 0 Å². The Balaban J connectivity index is 1.56. The first-order valence-corrected chi connectivity index (χ1v) is 8.02. The van der Waals surface area contributed by atoms with Gasteiger partial charge < -0.3 is 10.2 Å². The molecular weight excluding hydrogens is 256 g/mol. The minimum absolute atomic E-state index is 0.462. The third kappa shape index (κ3) is 3.63. The average Bonchev–Trinajstić information content (AvgIpc) is 2.50. The van der Waals surface area contributed by atoms with E-state index in [4.69, 9.17) is 0 Å². The first-order valence-electron chi connectivity index (χ1n) is 8.02. The van der Waals surface area contributed by atoms with E-state index in [0.717, 1.165) is 13.1 Å². The molecule has 0 amide bonds. The SMILES string of the molecule is CN1CCC(C)(CNCc2ccc3ccccc3c2)CC1. The molecule has 21 heavy (non-hydrogen) atoms. The number of fused-ring (bicyclic) bond motifs is 1. The first-order chi connectivity index (χ1) is 10.1. The molecule has 3 rings (SSSR count). The monoisotopic (exact) mass is 282 g/mol. The Morgan fingerprint density at radius 2 is 1.76 bits per heavy atom. The van der Waals surface area contributed by atoms with Gasteiger partial charge in [0.2, 0.25) is 0 Å². The zero-order valence-corrected chi connectivity index (χ0v) is 13.2. The maximum Gasteiger partial charge on any atom is 0.0205 e. The Morgan fingerprint density at radius 3 is 2.52 bits per heavy atom. The molecule has 0 unspecified atom stereocenters. The molecule has 0 radical (unpaired) electrons. The second-order valence-corrected chi connectivity index (χ2v) is 6.90. The van der Waals surface area contributed by atoms with Gasteiger partial charge in [0.1, 0.15) is 0 Å². The van der Waals surface area contributed by atoms with Crippen molar-refractivity contribution in [3.8, 4) is 0 Å². The Kier molecular flexibility index (Phi) is 4.27. The Labute approximate surface area is 128 Å². The molecule has 1 saturated heterocycles. The summed E-state index contributed by atoms with van der Waals surface area (Å²) in [5.74, 6) is 0. The van der Waals surface area contributed by atoms with Crippen LogP contribution < -0.4 is 5.32 Å². The summed E-state index contributed by atoms with van der Waals surface area (Å²) < 4.78 is 0. The van der Waals surface area contributed by atoms with E-state index in [-0.39, 0.29) is 0 Å². The fourth-order valence-electron chi connectivity index (χ4n) is 3.19. The number of benzene rings is 2. The van der Waals surface area contributed by atoms with E-state index in [1.807, 2.05) is 0 Å². The van der Waals surface area contributed by atoms with Crippen molar-refractivity contribution < 1.29 is 0 Å². The van der Waals surface area contributed by atoms with Gasteiger partial charge in [-0.1, -0.05) is 43.3 Å². The number of nitrogens with one attached hydrogen (secondary N) is 1. The summed E-state index contributed by atoms with van der Waals surface area (Å²) in [6, 6.07) is 15.3. The minimum atomic E-state index is 0.462. The molecule has 1 aliphatic rings. The number of hydrogen-bond acceptors (Lipinski definition) is 2. The quantitative estimate of drug-likeness (QED) is 0.920. The zero-order valence-electron chi connectivity index (χ0n) is 13.2. The van der Waals surface area contributed by atoms with Crippen LogP contribution in [-0.4, -0.2) is 31.6 Å². The maximum atomic E-state index is 3.67. The topological polar surface area (TPSA) is 15.3 Å². The Bertz CT molecular complexity index is 597.